The number of carbonyl (C=O) groups is 1. The van der Waals surface area contributed by atoms with Crippen LogP contribution in [0.25, 0.3) is 0 Å². The third-order valence-electron chi connectivity index (χ3n) is 3.73. The van der Waals surface area contributed by atoms with Crippen molar-refractivity contribution < 1.29 is 4.79 Å². The number of rotatable bonds is 0. The molecule has 1 saturated heterocycles. The lowest BCUT2D eigenvalue weighted by molar-refractivity contribution is 0.0761. The Hall–Kier alpha value is -0.930. The number of nitrogens with zero attached hydrogens (tertiary/aromatic N) is 1. The number of carbonyl (C=O) groups excluding carboxylic acids is 1. The van der Waals surface area contributed by atoms with E-state index in [1.54, 1.807) is 12.3 Å². The molecular formula is C12H13ClN2O. The molecule has 16 heavy (non-hydrogen) atoms. The fourth-order valence-corrected chi connectivity index (χ4v) is 2.96. The predicted molar refractivity (Wildman–Crippen MR) is 61.8 cm³/mol. The Labute approximate surface area is 99.2 Å². The first kappa shape index (κ1) is 10.2. The van der Waals surface area contributed by atoms with Gasteiger partial charge in [-0.15, -0.1) is 0 Å². The van der Waals surface area contributed by atoms with Gasteiger partial charge in [0.25, 0.3) is 0 Å². The van der Waals surface area contributed by atoms with E-state index in [0.717, 1.165) is 43.6 Å². The smallest absolute Gasteiger partial charge is 0.171 e. The van der Waals surface area contributed by atoms with E-state index < -0.39 is 0 Å². The number of hydrogen-bond acceptors (Lipinski definition) is 3. The molecule has 1 fully saturated rings. The van der Waals surface area contributed by atoms with Crippen LogP contribution in [-0.4, -0.2) is 23.9 Å². The SMILES string of the molecule is O=C1c2cc(Cl)cnc2CC12CCNCC2. The number of Topliss-reactive ketones (excluding diaryl/α,β-unsaturated/α-hetero) is 1. The first-order valence-corrected chi connectivity index (χ1v) is 5.99. The highest BCUT2D eigenvalue weighted by molar-refractivity contribution is 6.31. The van der Waals surface area contributed by atoms with Gasteiger partial charge < -0.3 is 5.32 Å². The topological polar surface area (TPSA) is 42.0 Å². The zero-order valence-corrected chi connectivity index (χ0v) is 9.68. The van der Waals surface area contributed by atoms with Crippen molar-refractivity contribution >= 4 is 17.4 Å². The van der Waals surface area contributed by atoms with Crippen molar-refractivity contribution in [1.82, 2.24) is 10.3 Å². The van der Waals surface area contributed by atoms with Gasteiger partial charge in [0, 0.05) is 23.6 Å². The molecule has 4 heteroatoms. The number of pyridine rings is 1. The number of ketones is 1. The third-order valence-corrected chi connectivity index (χ3v) is 3.94. The first-order valence-electron chi connectivity index (χ1n) is 5.61. The highest BCUT2D eigenvalue weighted by Gasteiger charge is 2.46. The van der Waals surface area contributed by atoms with Crippen molar-refractivity contribution in [2.45, 2.75) is 19.3 Å². The van der Waals surface area contributed by atoms with Crippen molar-refractivity contribution in [2.75, 3.05) is 13.1 Å². The molecule has 1 spiro atoms. The summed E-state index contributed by atoms with van der Waals surface area (Å²) >= 11 is 5.89. The normalized spacial score (nSPS) is 22.4. The van der Waals surface area contributed by atoms with E-state index in [1.807, 2.05) is 0 Å². The molecule has 1 N–H and O–H groups in total. The van der Waals surface area contributed by atoms with E-state index in [0.29, 0.717) is 5.02 Å². The predicted octanol–water partition coefficient (Wildman–Crippen LogP) is 1.84. The van der Waals surface area contributed by atoms with Gasteiger partial charge >= 0.3 is 0 Å². The minimum Gasteiger partial charge on any atom is -0.317 e. The molecule has 0 aromatic carbocycles. The molecule has 1 aliphatic carbocycles. The van der Waals surface area contributed by atoms with Gasteiger partial charge in [-0.1, -0.05) is 11.6 Å². The number of piperidine rings is 1. The maximum atomic E-state index is 12.4. The van der Waals surface area contributed by atoms with Gasteiger partial charge in [-0.05, 0) is 32.0 Å². The van der Waals surface area contributed by atoms with Crippen molar-refractivity contribution in [1.29, 1.82) is 0 Å². The minimum absolute atomic E-state index is 0.189. The van der Waals surface area contributed by atoms with Gasteiger partial charge in [-0.25, -0.2) is 0 Å². The lowest BCUT2D eigenvalue weighted by atomic mass is 9.76. The fraction of sp³-hybridized carbons (Fsp3) is 0.500. The van der Waals surface area contributed by atoms with Gasteiger partial charge in [-0.2, -0.15) is 0 Å². The van der Waals surface area contributed by atoms with Crippen molar-refractivity contribution in [3.63, 3.8) is 0 Å². The summed E-state index contributed by atoms with van der Waals surface area (Å²) in [6, 6.07) is 1.77. The highest BCUT2D eigenvalue weighted by atomic mass is 35.5. The highest BCUT2D eigenvalue weighted by Crippen LogP contribution is 2.42. The van der Waals surface area contributed by atoms with Gasteiger partial charge in [-0.3, -0.25) is 9.78 Å². The maximum absolute atomic E-state index is 12.4. The molecule has 0 amide bonds. The second-order valence-corrected chi connectivity index (χ2v) is 5.12. The van der Waals surface area contributed by atoms with Crippen LogP contribution in [0.5, 0.6) is 0 Å². The Balaban J connectivity index is 2.02. The van der Waals surface area contributed by atoms with Crippen molar-refractivity contribution in [2.24, 2.45) is 5.41 Å². The lowest BCUT2D eigenvalue weighted by Gasteiger charge is -2.31. The molecule has 0 atom stereocenters. The third kappa shape index (κ3) is 1.39. The van der Waals surface area contributed by atoms with E-state index in [-0.39, 0.29) is 11.2 Å². The summed E-state index contributed by atoms with van der Waals surface area (Å²) < 4.78 is 0. The Morgan fingerprint density at radius 2 is 2.12 bits per heavy atom. The summed E-state index contributed by atoms with van der Waals surface area (Å²) in [6.07, 6.45) is 4.26. The number of aromatic nitrogens is 1. The van der Waals surface area contributed by atoms with Crippen LogP contribution in [-0.2, 0) is 6.42 Å². The molecule has 3 nitrogen and oxygen atoms in total. The van der Waals surface area contributed by atoms with Crippen LogP contribution in [0.15, 0.2) is 12.3 Å². The van der Waals surface area contributed by atoms with Crippen LogP contribution in [0.1, 0.15) is 28.9 Å². The molecule has 0 radical (unpaired) electrons. The fourth-order valence-electron chi connectivity index (χ4n) is 2.80. The van der Waals surface area contributed by atoms with E-state index in [1.165, 1.54) is 0 Å². The van der Waals surface area contributed by atoms with E-state index in [4.69, 9.17) is 11.6 Å². The zero-order chi connectivity index (χ0) is 11.2. The van der Waals surface area contributed by atoms with Gasteiger partial charge in [0.2, 0.25) is 0 Å². The monoisotopic (exact) mass is 236 g/mol. The summed E-state index contributed by atoms with van der Waals surface area (Å²) in [5.74, 6) is 0.249. The second kappa shape index (κ2) is 3.54. The molecule has 0 bridgehead atoms. The van der Waals surface area contributed by atoms with Gasteiger partial charge in [0.15, 0.2) is 5.78 Å². The molecule has 0 saturated carbocycles. The largest absolute Gasteiger partial charge is 0.317 e. The Morgan fingerprint density at radius 1 is 1.38 bits per heavy atom. The average Bonchev–Trinajstić information content (AvgIpc) is 2.55. The van der Waals surface area contributed by atoms with Crippen LogP contribution in [0.4, 0.5) is 0 Å². The van der Waals surface area contributed by atoms with Crippen LogP contribution >= 0.6 is 11.6 Å². The number of hydrogen-bond donors (Lipinski definition) is 1. The Morgan fingerprint density at radius 3 is 2.88 bits per heavy atom. The molecule has 2 aliphatic rings. The number of halogens is 1. The van der Waals surface area contributed by atoms with Crippen LogP contribution < -0.4 is 5.32 Å². The van der Waals surface area contributed by atoms with Gasteiger partial charge in [0.1, 0.15) is 0 Å². The maximum Gasteiger partial charge on any atom is 0.171 e. The quantitative estimate of drug-likeness (QED) is 0.748. The van der Waals surface area contributed by atoms with Crippen LogP contribution in [0, 0.1) is 5.41 Å². The Bertz CT molecular complexity index is 452. The summed E-state index contributed by atoms with van der Waals surface area (Å²) in [4.78, 5) is 16.7. The summed E-state index contributed by atoms with van der Waals surface area (Å²) in [7, 11) is 0. The lowest BCUT2D eigenvalue weighted by Crippen LogP contribution is -2.40. The molecule has 2 heterocycles. The van der Waals surface area contributed by atoms with E-state index >= 15 is 0 Å². The molecule has 84 valence electrons. The Kier molecular flexibility index (Phi) is 2.26. The van der Waals surface area contributed by atoms with Crippen molar-refractivity contribution in [3.05, 3.63) is 28.5 Å². The molecular weight excluding hydrogens is 224 g/mol. The van der Waals surface area contributed by atoms with Gasteiger partial charge in [0.05, 0.1) is 10.7 Å². The summed E-state index contributed by atoms with van der Waals surface area (Å²) in [5.41, 5.74) is 1.48. The van der Waals surface area contributed by atoms with Crippen LogP contribution in [0.3, 0.4) is 0 Å². The summed E-state index contributed by atoms with van der Waals surface area (Å²) in [6.45, 7) is 1.85. The molecule has 1 aromatic heterocycles. The zero-order valence-electron chi connectivity index (χ0n) is 8.92. The average molecular weight is 237 g/mol. The molecule has 1 aliphatic heterocycles. The second-order valence-electron chi connectivity index (χ2n) is 4.68. The van der Waals surface area contributed by atoms with E-state index in [2.05, 4.69) is 10.3 Å². The molecule has 1 aromatic rings. The number of nitrogens with one attached hydrogen (secondary N) is 1. The standard InChI is InChI=1S/C12H13ClN2O/c13-8-5-9-10(15-7-8)6-12(11(9)16)1-3-14-4-2-12/h5,7,14H,1-4,6H2. The summed E-state index contributed by atoms with van der Waals surface area (Å²) in [5, 5.41) is 3.85. The van der Waals surface area contributed by atoms with Crippen molar-refractivity contribution in [3.8, 4) is 0 Å². The first-order chi connectivity index (χ1) is 7.71. The minimum atomic E-state index is -0.189. The van der Waals surface area contributed by atoms with Crippen LogP contribution in [0.2, 0.25) is 5.02 Å². The molecule has 0 unspecified atom stereocenters. The molecule has 3 rings (SSSR count). The van der Waals surface area contributed by atoms with E-state index in [9.17, 15) is 4.79 Å². The number of fused-ring (bicyclic) bond motifs is 1.